The zero-order valence-corrected chi connectivity index (χ0v) is 18.2. The first-order valence-electron chi connectivity index (χ1n) is 9.66. The molecule has 0 spiro atoms. The molecule has 0 radical (unpaired) electrons. The molecule has 0 aliphatic carbocycles. The van der Waals surface area contributed by atoms with E-state index in [9.17, 15) is 14.7 Å². The maximum Gasteiger partial charge on any atom is 0.336 e. The highest BCUT2D eigenvalue weighted by atomic mass is 79.9. The number of fused-ring (bicyclic) bond motifs is 1. The Hall–Kier alpha value is -3.52. The molecule has 4 rings (SSSR count). The van der Waals surface area contributed by atoms with Crippen molar-refractivity contribution < 1.29 is 14.3 Å². The molecule has 4 aromatic rings. The van der Waals surface area contributed by atoms with Crippen LogP contribution < -0.4 is 5.56 Å². The number of nitrogens with zero attached hydrogens (tertiary/aromatic N) is 3. The zero-order chi connectivity index (χ0) is 22.0. The van der Waals surface area contributed by atoms with Gasteiger partial charge in [-0.25, -0.2) is 9.78 Å². The van der Waals surface area contributed by atoms with E-state index in [1.807, 2.05) is 13.0 Å². The van der Waals surface area contributed by atoms with Crippen molar-refractivity contribution in [2.75, 3.05) is 0 Å². The van der Waals surface area contributed by atoms with Crippen LogP contribution in [-0.4, -0.2) is 27.0 Å². The minimum atomic E-state index is -1.04. The van der Waals surface area contributed by atoms with E-state index < -0.39 is 5.97 Å². The summed E-state index contributed by atoms with van der Waals surface area (Å²) in [5.74, 6) is 0.313. The number of aromatic nitrogens is 2. The monoisotopic (exact) mass is 479 g/mol. The minimum Gasteiger partial charge on any atom is -0.478 e. The van der Waals surface area contributed by atoms with Gasteiger partial charge in [0.15, 0.2) is 0 Å². The third kappa shape index (κ3) is 4.20. The fourth-order valence-corrected chi connectivity index (χ4v) is 3.63. The lowest BCUT2D eigenvalue weighted by molar-refractivity contribution is 0.0697. The Morgan fingerprint density at radius 1 is 1.23 bits per heavy atom. The van der Waals surface area contributed by atoms with Crippen LogP contribution in [0.25, 0.3) is 22.2 Å². The number of halogens is 1. The highest BCUT2D eigenvalue weighted by Gasteiger charge is 2.14. The van der Waals surface area contributed by atoms with Crippen molar-refractivity contribution in [3.63, 3.8) is 0 Å². The Morgan fingerprint density at radius 2 is 2.03 bits per heavy atom. The van der Waals surface area contributed by atoms with Crippen LogP contribution in [0.1, 0.15) is 35.3 Å². The van der Waals surface area contributed by atoms with Crippen LogP contribution >= 0.6 is 15.9 Å². The summed E-state index contributed by atoms with van der Waals surface area (Å²) in [7, 11) is 0. The number of aryl methyl sites for hydroxylation is 1. The Morgan fingerprint density at radius 3 is 2.81 bits per heavy atom. The standard InChI is InChI=1S/C23H18BrN3O4/c1-2-5-21-26-19-10-8-14(24)12-18(19)22(28)27(21)25-13-15-9-11-20(31-15)16-6-3-4-7-17(16)23(29)30/h3-4,6-13H,2,5H2,1H3,(H,29,30). The first-order chi connectivity index (χ1) is 15.0. The van der Waals surface area contributed by atoms with Crippen LogP contribution in [0, 0.1) is 0 Å². The van der Waals surface area contributed by atoms with Crippen molar-refractivity contribution in [1.29, 1.82) is 0 Å². The van der Waals surface area contributed by atoms with E-state index in [0.717, 1.165) is 10.9 Å². The third-order valence-corrected chi connectivity index (χ3v) is 5.19. The molecule has 0 aliphatic rings. The zero-order valence-electron chi connectivity index (χ0n) is 16.6. The number of benzene rings is 2. The summed E-state index contributed by atoms with van der Waals surface area (Å²) in [5.41, 5.74) is 0.962. The Kier molecular flexibility index (Phi) is 5.81. The molecule has 0 fully saturated rings. The summed E-state index contributed by atoms with van der Waals surface area (Å²) >= 11 is 3.39. The van der Waals surface area contributed by atoms with Gasteiger partial charge < -0.3 is 9.52 Å². The molecule has 0 aliphatic heterocycles. The molecule has 156 valence electrons. The number of hydrogen-bond acceptors (Lipinski definition) is 5. The molecule has 0 amide bonds. The van der Waals surface area contributed by atoms with Gasteiger partial charge in [-0.2, -0.15) is 9.78 Å². The molecule has 7 nitrogen and oxygen atoms in total. The number of furan rings is 1. The molecular weight excluding hydrogens is 462 g/mol. The molecule has 0 atom stereocenters. The number of carboxylic acids is 1. The summed E-state index contributed by atoms with van der Waals surface area (Å²) in [6, 6.07) is 15.3. The topological polar surface area (TPSA) is 97.7 Å². The Bertz CT molecular complexity index is 1370. The molecular formula is C23H18BrN3O4. The smallest absolute Gasteiger partial charge is 0.336 e. The highest BCUT2D eigenvalue weighted by molar-refractivity contribution is 9.10. The first-order valence-corrected chi connectivity index (χ1v) is 10.5. The largest absolute Gasteiger partial charge is 0.478 e. The maximum absolute atomic E-state index is 13.0. The number of rotatable bonds is 6. The Balaban J connectivity index is 1.74. The molecule has 0 bridgehead atoms. The molecule has 2 aromatic heterocycles. The number of carbonyl (C=O) groups is 1. The van der Waals surface area contributed by atoms with Gasteiger partial charge in [-0.15, -0.1) is 0 Å². The number of hydrogen-bond donors (Lipinski definition) is 1. The van der Waals surface area contributed by atoms with E-state index in [1.54, 1.807) is 42.5 Å². The maximum atomic E-state index is 13.0. The highest BCUT2D eigenvalue weighted by Crippen LogP contribution is 2.25. The van der Waals surface area contributed by atoms with Crippen LogP contribution in [0.2, 0.25) is 0 Å². The van der Waals surface area contributed by atoms with Crippen LogP contribution in [0.15, 0.2) is 73.4 Å². The lowest BCUT2D eigenvalue weighted by Crippen LogP contribution is -2.22. The van der Waals surface area contributed by atoms with Crippen LogP contribution in [-0.2, 0) is 6.42 Å². The third-order valence-electron chi connectivity index (χ3n) is 4.70. The summed E-state index contributed by atoms with van der Waals surface area (Å²) in [6.45, 7) is 2.00. The lowest BCUT2D eigenvalue weighted by Gasteiger charge is -2.08. The van der Waals surface area contributed by atoms with Crippen LogP contribution in [0.3, 0.4) is 0 Å². The minimum absolute atomic E-state index is 0.145. The second-order valence-electron chi connectivity index (χ2n) is 6.85. The van der Waals surface area contributed by atoms with Gasteiger partial charge in [0.25, 0.3) is 5.56 Å². The quantitative estimate of drug-likeness (QED) is 0.394. The molecule has 31 heavy (non-hydrogen) atoms. The average Bonchev–Trinajstić information content (AvgIpc) is 3.23. The molecule has 2 aromatic carbocycles. The second-order valence-corrected chi connectivity index (χ2v) is 7.77. The first kappa shape index (κ1) is 20.7. The van der Waals surface area contributed by atoms with Gasteiger partial charge in [-0.1, -0.05) is 41.1 Å². The van der Waals surface area contributed by atoms with Gasteiger partial charge in [0.2, 0.25) is 0 Å². The van der Waals surface area contributed by atoms with Crippen molar-refractivity contribution in [2.24, 2.45) is 5.10 Å². The van der Waals surface area contributed by atoms with Crippen molar-refractivity contribution in [1.82, 2.24) is 9.66 Å². The lowest BCUT2D eigenvalue weighted by atomic mass is 10.1. The van der Waals surface area contributed by atoms with E-state index >= 15 is 0 Å². The van der Waals surface area contributed by atoms with Gasteiger partial charge in [-0.05, 0) is 42.8 Å². The molecule has 1 N–H and O–H groups in total. The van der Waals surface area contributed by atoms with Gasteiger partial charge in [-0.3, -0.25) is 4.79 Å². The van der Waals surface area contributed by atoms with Crippen LogP contribution in [0.5, 0.6) is 0 Å². The molecule has 2 heterocycles. The summed E-state index contributed by atoms with van der Waals surface area (Å²) < 4.78 is 7.84. The van der Waals surface area contributed by atoms with Crippen molar-refractivity contribution in [3.05, 3.63) is 86.6 Å². The van der Waals surface area contributed by atoms with Gasteiger partial charge in [0.05, 0.1) is 22.7 Å². The van der Waals surface area contributed by atoms with E-state index in [-0.39, 0.29) is 11.1 Å². The van der Waals surface area contributed by atoms with Crippen molar-refractivity contribution in [2.45, 2.75) is 19.8 Å². The van der Waals surface area contributed by atoms with Crippen LogP contribution in [0.4, 0.5) is 0 Å². The normalized spacial score (nSPS) is 11.4. The van der Waals surface area contributed by atoms with Crippen molar-refractivity contribution >= 4 is 39.0 Å². The molecule has 0 saturated carbocycles. The number of carboxylic acid groups (broad SMARTS) is 1. The molecule has 0 saturated heterocycles. The van der Waals surface area contributed by atoms with E-state index in [0.29, 0.717) is 40.2 Å². The fourth-order valence-electron chi connectivity index (χ4n) is 3.27. The summed E-state index contributed by atoms with van der Waals surface area (Å²) in [4.78, 5) is 29.1. The van der Waals surface area contributed by atoms with E-state index in [4.69, 9.17) is 4.42 Å². The molecule has 0 unspecified atom stereocenters. The van der Waals surface area contributed by atoms with Gasteiger partial charge in [0, 0.05) is 16.5 Å². The summed E-state index contributed by atoms with van der Waals surface area (Å²) in [5, 5.41) is 14.2. The fraction of sp³-hybridized carbons (Fsp3) is 0.130. The average molecular weight is 480 g/mol. The predicted octanol–water partition coefficient (Wildman–Crippen LogP) is 4.95. The molecule has 8 heteroatoms. The summed E-state index contributed by atoms with van der Waals surface area (Å²) in [6.07, 6.45) is 2.83. The van der Waals surface area contributed by atoms with E-state index in [2.05, 4.69) is 26.0 Å². The predicted molar refractivity (Wildman–Crippen MR) is 122 cm³/mol. The Labute approximate surface area is 185 Å². The van der Waals surface area contributed by atoms with Crippen molar-refractivity contribution in [3.8, 4) is 11.3 Å². The number of aromatic carboxylic acids is 1. The van der Waals surface area contributed by atoms with Gasteiger partial charge in [0.1, 0.15) is 17.3 Å². The van der Waals surface area contributed by atoms with E-state index in [1.165, 1.54) is 17.0 Å². The SMILES string of the molecule is CCCc1nc2ccc(Br)cc2c(=O)n1N=Cc1ccc(-c2ccccc2C(=O)O)o1. The van der Waals surface area contributed by atoms with Gasteiger partial charge >= 0.3 is 5.97 Å². The second kappa shape index (κ2) is 8.69.